The highest BCUT2D eigenvalue weighted by atomic mass is 16.7. The first-order valence-corrected chi connectivity index (χ1v) is 15.1. The van der Waals surface area contributed by atoms with Gasteiger partial charge in [0.15, 0.2) is 23.5 Å². The lowest BCUT2D eigenvalue weighted by Crippen LogP contribution is -2.63. The highest BCUT2D eigenvalue weighted by Gasteiger charge is 2.75. The van der Waals surface area contributed by atoms with E-state index < -0.39 is 41.5 Å². The molecule has 7 nitrogen and oxygen atoms in total. The number of fused-ring (bicyclic) bond motifs is 7. The van der Waals surface area contributed by atoms with E-state index in [0.717, 1.165) is 47.2 Å². The molecule has 4 N–H and O–H groups in total. The summed E-state index contributed by atoms with van der Waals surface area (Å²) in [7, 11) is 0. The molecule has 0 bridgehead atoms. The lowest BCUT2D eigenvalue weighted by Gasteiger charge is -2.59. The zero-order chi connectivity index (χ0) is 29.4. The molecule has 0 amide bonds. The monoisotopic (exact) mass is 569 g/mol. The fourth-order valence-electron chi connectivity index (χ4n) is 9.57. The van der Waals surface area contributed by atoms with Crippen molar-refractivity contribution >= 4 is 17.3 Å². The molecule has 2 aromatic rings. The van der Waals surface area contributed by atoms with Crippen LogP contribution in [-0.2, 0) is 25.5 Å². The van der Waals surface area contributed by atoms with Crippen molar-refractivity contribution < 1.29 is 29.3 Å². The minimum Gasteiger partial charge on any atom is -0.399 e. The number of nitrogens with two attached hydrogens (primary N) is 1. The van der Waals surface area contributed by atoms with Crippen molar-refractivity contribution in [3.8, 4) is 0 Å². The molecule has 0 aromatic heterocycles. The smallest absolute Gasteiger partial charge is 0.193 e. The summed E-state index contributed by atoms with van der Waals surface area (Å²) in [6.07, 6.45) is 6.73. The Labute approximate surface area is 246 Å². The maximum atomic E-state index is 13.7. The van der Waals surface area contributed by atoms with Crippen LogP contribution in [0, 0.1) is 28.6 Å². The van der Waals surface area contributed by atoms with Crippen LogP contribution in [0.5, 0.6) is 0 Å². The molecule has 4 aliphatic carbocycles. The summed E-state index contributed by atoms with van der Waals surface area (Å²) in [4.78, 5) is 25.9. The Bertz CT molecular complexity index is 1500. The number of carbonyl (C=O) groups excluding carboxylic acids is 2. The number of benzene rings is 2. The first-order chi connectivity index (χ1) is 20.1. The van der Waals surface area contributed by atoms with Gasteiger partial charge in [0.25, 0.3) is 0 Å². The number of aliphatic hydroxyl groups is 2. The van der Waals surface area contributed by atoms with Crippen molar-refractivity contribution in [1.82, 2.24) is 0 Å². The van der Waals surface area contributed by atoms with Crippen LogP contribution in [-0.4, -0.2) is 46.2 Å². The number of rotatable bonds is 5. The van der Waals surface area contributed by atoms with Crippen molar-refractivity contribution in [1.29, 1.82) is 0 Å². The largest absolute Gasteiger partial charge is 0.399 e. The Morgan fingerprint density at radius 3 is 2.64 bits per heavy atom. The maximum Gasteiger partial charge on any atom is 0.193 e. The van der Waals surface area contributed by atoms with Crippen LogP contribution in [0.1, 0.15) is 62.5 Å². The van der Waals surface area contributed by atoms with Crippen LogP contribution in [0.4, 0.5) is 5.69 Å². The first kappa shape index (κ1) is 27.7. The third kappa shape index (κ3) is 3.87. The van der Waals surface area contributed by atoms with Gasteiger partial charge in [-0.2, -0.15) is 0 Å². The second-order valence-corrected chi connectivity index (χ2v) is 13.5. The normalized spacial score (nSPS) is 40.1. The van der Waals surface area contributed by atoms with E-state index in [9.17, 15) is 19.8 Å². The van der Waals surface area contributed by atoms with E-state index in [0.29, 0.717) is 12.8 Å². The number of aliphatic hydroxyl groups excluding tert-OH is 2. The quantitative estimate of drug-likeness (QED) is 0.455. The number of carbonyl (C=O) groups is 2. The Morgan fingerprint density at radius 1 is 1.12 bits per heavy atom. The van der Waals surface area contributed by atoms with Crippen molar-refractivity contribution in [3.05, 3.63) is 89.0 Å². The molecule has 1 saturated heterocycles. The number of hydrogen-bond acceptors (Lipinski definition) is 7. The molecule has 7 rings (SSSR count). The fraction of sp³-hybridized carbons (Fsp3) is 0.486. The Morgan fingerprint density at radius 2 is 1.90 bits per heavy atom. The van der Waals surface area contributed by atoms with Gasteiger partial charge in [0.1, 0.15) is 6.61 Å². The Kier molecular flexibility index (Phi) is 6.41. The molecule has 5 aliphatic rings. The second-order valence-electron chi connectivity index (χ2n) is 13.5. The zero-order valence-electron chi connectivity index (χ0n) is 24.2. The van der Waals surface area contributed by atoms with E-state index in [-0.39, 0.29) is 29.3 Å². The van der Waals surface area contributed by atoms with Gasteiger partial charge in [-0.25, -0.2) is 0 Å². The van der Waals surface area contributed by atoms with Gasteiger partial charge in [0, 0.05) is 28.0 Å². The molecule has 2 aromatic carbocycles. The summed E-state index contributed by atoms with van der Waals surface area (Å²) in [5.41, 5.74) is 8.36. The number of ether oxygens (including phenoxy) is 2. The topological polar surface area (TPSA) is 119 Å². The van der Waals surface area contributed by atoms with E-state index in [4.69, 9.17) is 15.2 Å². The molecule has 3 saturated carbocycles. The van der Waals surface area contributed by atoms with Gasteiger partial charge in [-0.05, 0) is 79.4 Å². The summed E-state index contributed by atoms with van der Waals surface area (Å²) < 4.78 is 13.3. The summed E-state index contributed by atoms with van der Waals surface area (Å²) in [6, 6.07) is 15.9. The molecular formula is C35H39NO6. The molecule has 2 unspecified atom stereocenters. The van der Waals surface area contributed by atoms with Crippen LogP contribution in [0.15, 0.2) is 72.3 Å². The average molecular weight is 570 g/mol. The molecular weight excluding hydrogens is 530 g/mol. The molecule has 7 heteroatoms. The van der Waals surface area contributed by atoms with Crippen LogP contribution in [0.3, 0.4) is 0 Å². The first-order valence-electron chi connectivity index (χ1n) is 15.1. The number of allylic oxidation sites excluding steroid dienone is 4. The third-order valence-corrected chi connectivity index (χ3v) is 11.4. The number of ketones is 2. The summed E-state index contributed by atoms with van der Waals surface area (Å²) in [5, 5.41) is 22.0. The number of hydrogen-bond donors (Lipinski definition) is 3. The standard InChI is InChI=1S/C35H39NO6/c1-33-13-12-25(38)16-23(33)10-11-26-27-17-30-35(29(40)19-37,34(27,2)18-28(39)31(26)33)42-32(41-30)22-8-6-20(7-9-22)14-21-4-3-5-24(36)15-21/h3-9,12-13,15-16,26-28,30-32,37,39H,10-11,14,17-19,36H2,1-2H3/t26-,27?,28-,30+,31?,32+,33-,34-,35+/m0/s1. The van der Waals surface area contributed by atoms with Crippen LogP contribution < -0.4 is 5.73 Å². The van der Waals surface area contributed by atoms with Gasteiger partial charge < -0.3 is 25.4 Å². The predicted molar refractivity (Wildman–Crippen MR) is 157 cm³/mol. The minimum absolute atomic E-state index is 0.00425. The van der Waals surface area contributed by atoms with Gasteiger partial charge in [-0.15, -0.1) is 0 Å². The Balaban J connectivity index is 1.18. The lowest BCUT2D eigenvalue weighted by molar-refractivity contribution is -0.201. The molecule has 0 spiro atoms. The van der Waals surface area contributed by atoms with Crippen molar-refractivity contribution in [3.63, 3.8) is 0 Å². The highest BCUT2D eigenvalue weighted by Crippen LogP contribution is 2.70. The number of nitrogen functional groups attached to an aromatic ring is 1. The fourth-order valence-corrected chi connectivity index (χ4v) is 9.57. The lowest BCUT2D eigenvalue weighted by atomic mass is 9.46. The van der Waals surface area contributed by atoms with E-state index in [1.54, 1.807) is 12.2 Å². The van der Waals surface area contributed by atoms with Crippen molar-refractivity contribution in [2.75, 3.05) is 12.3 Å². The molecule has 42 heavy (non-hydrogen) atoms. The predicted octanol–water partition coefficient (Wildman–Crippen LogP) is 4.46. The van der Waals surface area contributed by atoms with Gasteiger partial charge in [0.05, 0.1) is 12.2 Å². The van der Waals surface area contributed by atoms with Gasteiger partial charge in [-0.1, -0.05) is 61.9 Å². The summed E-state index contributed by atoms with van der Waals surface area (Å²) in [6.45, 7) is 3.54. The minimum atomic E-state index is -1.35. The Hall–Kier alpha value is -3.10. The third-order valence-electron chi connectivity index (χ3n) is 11.4. The summed E-state index contributed by atoms with van der Waals surface area (Å²) >= 11 is 0. The second kappa shape index (κ2) is 9.71. The molecule has 1 heterocycles. The molecule has 0 radical (unpaired) electrons. The van der Waals surface area contributed by atoms with Crippen molar-refractivity contribution in [2.24, 2.45) is 28.6 Å². The molecule has 9 atom stereocenters. The summed E-state index contributed by atoms with van der Waals surface area (Å²) in [5.74, 6) is -0.246. The molecule has 1 aliphatic heterocycles. The van der Waals surface area contributed by atoms with Crippen molar-refractivity contribution in [2.45, 2.75) is 70.1 Å². The van der Waals surface area contributed by atoms with E-state index in [2.05, 4.69) is 13.8 Å². The number of anilines is 1. The van der Waals surface area contributed by atoms with Gasteiger partial charge >= 0.3 is 0 Å². The SMILES string of the molecule is C[C@]12C=CC(=O)C=C1CC[C@@H]1C2[C@@H](O)C[C@@]2(C)C1C[C@H]1O[C@@H](c3ccc(Cc4cccc(N)c4)cc3)O[C@]12C(=O)CO. The molecule has 220 valence electrons. The van der Waals surface area contributed by atoms with Crippen LogP contribution in [0.2, 0.25) is 0 Å². The van der Waals surface area contributed by atoms with E-state index in [1.807, 2.05) is 54.6 Å². The van der Waals surface area contributed by atoms with Crippen LogP contribution >= 0.6 is 0 Å². The van der Waals surface area contributed by atoms with E-state index in [1.165, 1.54) is 0 Å². The zero-order valence-corrected chi connectivity index (χ0v) is 24.2. The number of Topliss-reactive ketones (excluding diaryl/α,β-unsaturated/α-hetero) is 1. The average Bonchev–Trinajstić information content (AvgIpc) is 3.46. The van der Waals surface area contributed by atoms with Gasteiger partial charge in [-0.3, -0.25) is 9.59 Å². The van der Waals surface area contributed by atoms with Gasteiger partial charge in [0.2, 0.25) is 0 Å². The molecule has 4 fully saturated rings. The maximum absolute atomic E-state index is 13.7. The highest BCUT2D eigenvalue weighted by molar-refractivity contribution is 6.01. The van der Waals surface area contributed by atoms with Crippen LogP contribution in [0.25, 0.3) is 0 Å². The van der Waals surface area contributed by atoms with E-state index >= 15 is 0 Å².